The van der Waals surface area contributed by atoms with Crippen LogP contribution < -0.4 is 9.62 Å². The Bertz CT molecular complexity index is 1050. The molecule has 0 aliphatic heterocycles. The Morgan fingerprint density at radius 2 is 1.73 bits per heavy atom. The minimum atomic E-state index is -3.87. The number of hydrogen-bond donors (Lipinski definition) is 1. The molecule has 2 saturated carbocycles. The molecule has 0 spiro atoms. The number of benzene rings is 2. The van der Waals surface area contributed by atoms with E-state index >= 15 is 0 Å². The molecule has 3 atom stereocenters. The average Bonchev–Trinajstić information content (AvgIpc) is 3.32. The molecule has 0 heterocycles. The van der Waals surface area contributed by atoms with Crippen molar-refractivity contribution in [1.82, 2.24) is 5.32 Å². The molecule has 5 nitrogen and oxygen atoms in total. The first-order valence-corrected chi connectivity index (χ1v) is 12.1. The topological polar surface area (TPSA) is 66.5 Å². The third-order valence-electron chi connectivity index (χ3n) is 6.76. The summed E-state index contributed by atoms with van der Waals surface area (Å²) in [6, 6.07) is 12.5. The Morgan fingerprint density at radius 3 is 2.33 bits per heavy atom. The Balaban J connectivity index is 1.62. The van der Waals surface area contributed by atoms with Crippen molar-refractivity contribution in [1.29, 1.82) is 0 Å². The molecular weight excluding hydrogens is 396 g/mol. The van der Waals surface area contributed by atoms with Crippen molar-refractivity contribution >= 4 is 21.6 Å². The van der Waals surface area contributed by atoms with Gasteiger partial charge in [-0.05, 0) is 87.3 Å². The quantitative estimate of drug-likeness (QED) is 0.756. The SMILES string of the molecule is Cc1ccc(S(=O)(=O)N(CC(=O)N[C@@H]2C[C@@H]3CC[C@H]2C3)c2ccc(C)c(C)c2)cc1. The molecular formula is C24H30N2O3S. The number of carbonyl (C=O) groups is 1. The fraction of sp³-hybridized carbons (Fsp3) is 0.458. The maximum Gasteiger partial charge on any atom is 0.264 e. The number of fused-ring (bicyclic) bond motifs is 2. The van der Waals surface area contributed by atoms with Crippen molar-refractivity contribution in [2.24, 2.45) is 11.8 Å². The zero-order chi connectivity index (χ0) is 21.5. The number of nitrogens with one attached hydrogen (secondary N) is 1. The summed E-state index contributed by atoms with van der Waals surface area (Å²) in [5, 5.41) is 3.12. The summed E-state index contributed by atoms with van der Waals surface area (Å²) in [6.07, 6.45) is 4.63. The fourth-order valence-electron chi connectivity index (χ4n) is 4.84. The second kappa shape index (κ2) is 8.06. The second-order valence-electron chi connectivity index (χ2n) is 8.94. The molecule has 2 aliphatic rings. The minimum absolute atomic E-state index is 0.180. The Morgan fingerprint density at radius 1 is 1.00 bits per heavy atom. The number of rotatable bonds is 6. The number of sulfonamides is 1. The van der Waals surface area contributed by atoms with E-state index in [2.05, 4.69) is 5.32 Å². The normalized spacial score (nSPS) is 22.8. The van der Waals surface area contributed by atoms with Crippen LogP contribution in [0.5, 0.6) is 0 Å². The molecule has 0 unspecified atom stereocenters. The van der Waals surface area contributed by atoms with Crippen molar-refractivity contribution in [3.63, 3.8) is 0 Å². The Labute approximate surface area is 179 Å². The van der Waals surface area contributed by atoms with Gasteiger partial charge in [-0.3, -0.25) is 9.10 Å². The first-order chi connectivity index (χ1) is 14.2. The van der Waals surface area contributed by atoms with E-state index in [-0.39, 0.29) is 23.4 Å². The number of anilines is 1. The van der Waals surface area contributed by atoms with Crippen molar-refractivity contribution in [3.8, 4) is 0 Å². The molecule has 30 heavy (non-hydrogen) atoms. The number of hydrogen-bond acceptors (Lipinski definition) is 3. The summed E-state index contributed by atoms with van der Waals surface area (Å²) < 4.78 is 28.2. The Kier molecular flexibility index (Phi) is 5.62. The van der Waals surface area contributed by atoms with Crippen LogP contribution >= 0.6 is 0 Å². The van der Waals surface area contributed by atoms with Crippen molar-refractivity contribution in [3.05, 3.63) is 59.2 Å². The predicted octanol–water partition coefficient (Wildman–Crippen LogP) is 4.11. The van der Waals surface area contributed by atoms with Gasteiger partial charge in [-0.1, -0.05) is 30.2 Å². The van der Waals surface area contributed by atoms with E-state index in [1.54, 1.807) is 30.3 Å². The maximum atomic E-state index is 13.5. The molecule has 2 aliphatic carbocycles. The van der Waals surface area contributed by atoms with Gasteiger partial charge in [-0.15, -0.1) is 0 Å². The fourth-order valence-corrected chi connectivity index (χ4v) is 6.25. The lowest BCUT2D eigenvalue weighted by molar-refractivity contribution is -0.120. The van der Waals surface area contributed by atoms with E-state index < -0.39 is 10.0 Å². The maximum absolute atomic E-state index is 13.5. The second-order valence-corrected chi connectivity index (χ2v) is 10.8. The zero-order valence-electron chi connectivity index (χ0n) is 17.9. The van der Waals surface area contributed by atoms with E-state index in [0.29, 0.717) is 17.5 Å². The van der Waals surface area contributed by atoms with Crippen molar-refractivity contribution < 1.29 is 13.2 Å². The standard InChI is InChI=1S/C24H30N2O3S/c1-16-4-10-22(11-5-16)30(28,29)26(21-9-6-17(2)18(3)12-21)15-24(27)25-23-14-19-7-8-20(23)13-19/h4-6,9-12,19-20,23H,7-8,13-15H2,1-3H3,(H,25,27)/t19-,20+,23-/m1/s1. The van der Waals surface area contributed by atoms with E-state index in [1.165, 1.54) is 17.1 Å². The van der Waals surface area contributed by atoms with Gasteiger partial charge in [0.05, 0.1) is 10.6 Å². The largest absolute Gasteiger partial charge is 0.352 e. The average molecular weight is 427 g/mol. The van der Waals surface area contributed by atoms with E-state index in [4.69, 9.17) is 0 Å². The molecule has 160 valence electrons. The highest BCUT2D eigenvalue weighted by Crippen LogP contribution is 2.44. The minimum Gasteiger partial charge on any atom is -0.352 e. The summed E-state index contributed by atoms with van der Waals surface area (Å²) >= 11 is 0. The van der Waals surface area contributed by atoms with Crippen LogP contribution in [-0.2, 0) is 14.8 Å². The third kappa shape index (κ3) is 4.10. The summed E-state index contributed by atoms with van der Waals surface area (Å²) in [7, 11) is -3.87. The first kappa shape index (κ1) is 20.9. The van der Waals surface area contributed by atoms with Crippen LogP contribution in [-0.4, -0.2) is 26.9 Å². The van der Waals surface area contributed by atoms with Gasteiger partial charge in [0.2, 0.25) is 5.91 Å². The van der Waals surface area contributed by atoms with Crippen LogP contribution in [0.4, 0.5) is 5.69 Å². The monoisotopic (exact) mass is 426 g/mol. The molecule has 0 aromatic heterocycles. The van der Waals surface area contributed by atoms with Crippen LogP contribution in [0.2, 0.25) is 0 Å². The lowest BCUT2D eigenvalue weighted by Gasteiger charge is -2.27. The summed E-state index contributed by atoms with van der Waals surface area (Å²) in [4.78, 5) is 13.1. The lowest BCUT2D eigenvalue weighted by atomic mass is 9.95. The van der Waals surface area contributed by atoms with Crippen LogP contribution in [0.25, 0.3) is 0 Å². The smallest absolute Gasteiger partial charge is 0.264 e. The van der Waals surface area contributed by atoms with E-state index in [9.17, 15) is 13.2 Å². The zero-order valence-corrected chi connectivity index (χ0v) is 18.7. The van der Waals surface area contributed by atoms with Gasteiger partial charge in [0.25, 0.3) is 10.0 Å². The summed E-state index contributed by atoms with van der Waals surface area (Å²) in [5.74, 6) is 1.02. The number of carbonyl (C=O) groups excluding carboxylic acids is 1. The van der Waals surface area contributed by atoms with E-state index in [1.807, 2.05) is 32.9 Å². The Hall–Kier alpha value is -2.34. The molecule has 4 rings (SSSR count). The molecule has 2 aromatic carbocycles. The molecule has 6 heteroatoms. The molecule has 2 aromatic rings. The van der Waals surface area contributed by atoms with Crippen LogP contribution in [0.15, 0.2) is 47.4 Å². The number of nitrogens with zero attached hydrogens (tertiary/aromatic N) is 1. The summed E-state index contributed by atoms with van der Waals surface area (Å²) in [5.41, 5.74) is 3.57. The molecule has 0 radical (unpaired) electrons. The molecule has 1 N–H and O–H groups in total. The molecule has 2 fully saturated rings. The molecule has 2 bridgehead atoms. The van der Waals surface area contributed by atoms with Crippen LogP contribution in [0, 0.1) is 32.6 Å². The van der Waals surface area contributed by atoms with Gasteiger partial charge in [-0.25, -0.2) is 8.42 Å². The van der Waals surface area contributed by atoms with Crippen molar-refractivity contribution in [2.75, 3.05) is 10.8 Å². The number of aryl methyl sites for hydroxylation is 3. The molecule has 1 amide bonds. The number of amides is 1. The first-order valence-electron chi connectivity index (χ1n) is 10.7. The van der Waals surface area contributed by atoms with Gasteiger partial charge < -0.3 is 5.32 Å². The van der Waals surface area contributed by atoms with Gasteiger partial charge >= 0.3 is 0 Å². The lowest BCUT2D eigenvalue weighted by Crippen LogP contribution is -2.46. The highest BCUT2D eigenvalue weighted by molar-refractivity contribution is 7.92. The molecule has 0 saturated heterocycles. The van der Waals surface area contributed by atoms with Gasteiger partial charge in [-0.2, -0.15) is 0 Å². The van der Waals surface area contributed by atoms with E-state index in [0.717, 1.165) is 29.5 Å². The van der Waals surface area contributed by atoms with Crippen LogP contribution in [0.3, 0.4) is 0 Å². The highest BCUT2D eigenvalue weighted by Gasteiger charge is 2.40. The summed E-state index contributed by atoms with van der Waals surface area (Å²) in [6.45, 7) is 5.64. The van der Waals surface area contributed by atoms with Gasteiger partial charge in [0.1, 0.15) is 6.54 Å². The highest BCUT2D eigenvalue weighted by atomic mass is 32.2. The van der Waals surface area contributed by atoms with Crippen molar-refractivity contribution in [2.45, 2.75) is 57.4 Å². The van der Waals surface area contributed by atoms with Gasteiger partial charge in [0, 0.05) is 6.04 Å². The third-order valence-corrected chi connectivity index (χ3v) is 8.55. The van der Waals surface area contributed by atoms with Crippen LogP contribution in [0.1, 0.15) is 42.4 Å². The van der Waals surface area contributed by atoms with Gasteiger partial charge in [0.15, 0.2) is 0 Å². The predicted molar refractivity (Wildman–Crippen MR) is 119 cm³/mol.